The van der Waals surface area contributed by atoms with Crippen LogP contribution in [0.5, 0.6) is 0 Å². The van der Waals surface area contributed by atoms with E-state index in [4.69, 9.17) is 4.43 Å². The molecule has 0 heterocycles. The molecule has 3 nitrogen and oxygen atoms in total. The van der Waals surface area contributed by atoms with Gasteiger partial charge in [-0.3, -0.25) is 9.59 Å². The minimum absolute atomic E-state index is 0.124. The average Bonchev–Trinajstić information content (AvgIpc) is 2.97. The van der Waals surface area contributed by atoms with Crippen molar-refractivity contribution < 1.29 is 14.0 Å². The second-order valence-electron chi connectivity index (χ2n) is 11.9. The number of Topliss-reactive ketones (excluding diaryl/α,β-unsaturated/α-hetero) is 1. The van der Waals surface area contributed by atoms with E-state index in [9.17, 15) is 9.59 Å². The quantitative estimate of drug-likeness (QED) is 0.262. The molecule has 0 amide bonds. The first-order chi connectivity index (χ1) is 14.2. The van der Waals surface area contributed by atoms with Gasteiger partial charge < -0.3 is 4.43 Å². The van der Waals surface area contributed by atoms with E-state index >= 15 is 0 Å². The standard InChI is InChI=1S/C26H46O3SSi/c1-11-30-23(27)13-12-20-14-25(8,9)15-21(20)26(10)16-22(24(26)28)29-31(17(2)3,18(4)5)19(6)7/h12-13,17-22H,11,14-16H2,1-10H3/b13-12+/t20-,21+,22+,26-/m1/s1. The maximum Gasteiger partial charge on any atom is 0.211 e. The van der Waals surface area contributed by atoms with Crippen molar-refractivity contribution in [3.05, 3.63) is 12.2 Å². The van der Waals surface area contributed by atoms with Gasteiger partial charge in [-0.25, -0.2) is 0 Å². The lowest BCUT2D eigenvalue weighted by Crippen LogP contribution is -2.62. The number of allylic oxidation sites excluding steroid dienone is 1. The van der Waals surface area contributed by atoms with Gasteiger partial charge in [0.1, 0.15) is 6.10 Å². The van der Waals surface area contributed by atoms with Crippen LogP contribution in [0.3, 0.4) is 0 Å². The van der Waals surface area contributed by atoms with Gasteiger partial charge in [0.2, 0.25) is 13.4 Å². The summed E-state index contributed by atoms with van der Waals surface area (Å²) in [6.07, 6.45) is 6.52. The number of hydrogen-bond acceptors (Lipinski definition) is 4. The van der Waals surface area contributed by atoms with Gasteiger partial charge in [0.15, 0.2) is 5.78 Å². The van der Waals surface area contributed by atoms with Crippen LogP contribution < -0.4 is 0 Å². The monoisotopic (exact) mass is 466 g/mol. The molecule has 0 bridgehead atoms. The molecule has 2 rings (SSSR count). The Labute approximate surface area is 196 Å². The molecule has 2 aliphatic carbocycles. The Morgan fingerprint density at radius 1 is 1.06 bits per heavy atom. The first-order valence-corrected chi connectivity index (χ1v) is 15.4. The zero-order chi connectivity index (χ0) is 23.8. The lowest BCUT2D eigenvalue weighted by Gasteiger charge is -2.53. The molecule has 2 aliphatic rings. The van der Waals surface area contributed by atoms with Crippen LogP contribution in [0.1, 0.15) is 88.5 Å². The highest BCUT2D eigenvalue weighted by Gasteiger charge is 2.61. The highest BCUT2D eigenvalue weighted by molar-refractivity contribution is 8.14. The summed E-state index contributed by atoms with van der Waals surface area (Å²) >= 11 is 1.35. The smallest absolute Gasteiger partial charge is 0.211 e. The highest BCUT2D eigenvalue weighted by Crippen LogP contribution is 2.59. The fourth-order valence-corrected chi connectivity index (χ4v) is 12.8. The molecule has 0 unspecified atom stereocenters. The summed E-state index contributed by atoms with van der Waals surface area (Å²) in [6.45, 7) is 22.4. The zero-order valence-electron chi connectivity index (χ0n) is 21.6. The van der Waals surface area contributed by atoms with E-state index in [0.717, 1.165) is 25.0 Å². The van der Waals surface area contributed by atoms with Gasteiger partial charge in [-0.2, -0.15) is 0 Å². The largest absolute Gasteiger partial charge is 0.406 e. The zero-order valence-corrected chi connectivity index (χ0v) is 23.4. The lowest BCUT2D eigenvalue weighted by molar-refractivity contribution is -0.158. The van der Waals surface area contributed by atoms with Crippen LogP contribution >= 0.6 is 11.8 Å². The van der Waals surface area contributed by atoms with Crippen LogP contribution in [0.25, 0.3) is 0 Å². The summed E-state index contributed by atoms with van der Waals surface area (Å²) in [5.41, 5.74) is 1.31. The molecule has 0 N–H and O–H groups in total. The minimum Gasteiger partial charge on any atom is -0.406 e. The SMILES string of the molecule is CCSC(=O)/C=C/[C@@H]1CC(C)(C)C[C@@H]1[C@@]1(C)C[C@H](O[Si](C(C)C)(C(C)C)C(C)C)C1=O. The van der Waals surface area contributed by atoms with E-state index in [0.29, 0.717) is 28.3 Å². The predicted octanol–water partition coefficient (Wildman–Crippen LogP) is 7.41. The number of thioether (sulfide) groups is 1. The molecule has 2 fully saturated rings. The molecule has 0 spiro atoms. The maximum absolute atomic E-state index is 13.6. The van der Waals surface area contributed by atoms with Crippen LogP contribution in [0.2, 0.25) is 16.6 Å². The van der Waals surface area contributed by atoms with Crippen LogP contribution in [-0.2, 0) is 14.0 Å². The number of carbonyl (C=O) groups excluding carboxylic acids is 2. The summed E-state index contributed by atoms with van der Waals surface area (Å²) in [6, 6.07) is 0. The number of carbonyl (C=O) groups is 2. The number of hydrogen-bond donors (Lipinski definition) is 0. The van der Waals surface area contributed by atoms with Crippen LogP contribution in [0.15, 0.2) is 12.2 Å². The molecular weight excluding hydrogens is 420 g/mol. The second kappa shape index (κ2) is 9.85. The molecule has 0 aromatic rings. The van der Waals surface area contributed by atoms with Gasteiger partial charge in [0.05, 0.1) is 0 Å². The van der Waals surface area contributed by atoms with E-state index in [1.807, 2.05) is 6.92 Å². The topological polar surface area (TPSA) is 43.4 Å². The molecule has 4 atom stereocenters. The first kappa shape index (κ1) is 26.9. The number of ketones is 1. The van der Waals surface area contributed by atoms with Crippen molar-refractivity contribution in [2.75, 3.05) is 5.75 Å². The first-order valence-electron chi connectivity index (χ1n) is 12.3. The van der Waals surface area contributed by atoms with Gasteiger partial charge in [-0.1, -0.05) is 87.1 Å². The third-order valence-electron chi connectivity index (χ3n) is 8.18. The van der Waals surface area contributed by atoms with Crippen molar-refractivity contribution >= 4 is 31.0 Å². The molecule has 5 heteroatoms. The van der Waals surface area contributed by atoms with Crippen LogP contribution in [0, 0.1) is 22.7 Å². The third-order valence-corrected chi connectivity index (χ3v) is 15.0. The fourth-order valence-electron chi connectivity index (χ4n) is 6.80. The molecule has 31 heavy (non-hydrogen) atoms. The summed E-state index contributed by atoms with van der Waals surface area (Å²) < 4.78 is 6.86. The van der Waals surface area contributed by atoms with E-state index in [1.54, 1.807) is 6.08 Å². The van der Waals surface area contributed by atoms with Gasteiger partial charge in [-0.05, 0) is 65.0 Å². The van der Waals surface area contributed by atoms with Gasteiger partial charge >= 0.3 is 0 Å². The summed E-state index contributed by atoms with van der Waals surface area (Å²) in [5, 5.41) is 0.124. The Morgan fingerprint density at radius 3 is 2.06 bits per heavy atom. The molecule has 0 aromatic carbocycles. The summed E-state index contributed by atoms with van der Waals surface area (Å²) in [4.78, 5) is 25.7. The van der Waals surface area contributed by atoms with E-state index in [-0.39, 0.29) is 28.0 Å². The maximum atomic E-state index is 13.6. The van der Waals surface area contributed by atoms with Crippen molar-refractivity contribution in [2.45, 2.75) is 111 Å². The molecular formula is C26H46O3SSi. The van der Waals surface area contributed by atoms with Gasteiger partial charge in [-0.15, -0.1) is 0 Å². The minimum atomic E-state index is -2.07. The number of rotatable bonds is 9. The molecule has 0 aromatic heterocycles. The Kier molecular flexibility index (Phi) is 8.53. The van der Waals surface area contributed by atoms with Crippen molar-refractivity contribution in [2.24, 2.45) is 22.7 Å². The Balaban J connectivity index is 2.22. The highest BCUT2D eigenvalue weighted by atomic mass is 32.2. The van der Waals surface area contributed by atoms with E-state index < -0.39 is 8.32 Å². The van der Waals surface area contributed by atoms with Crippen molar-refractivity contribution in [3.63, 3.8) is 0 Å². The second-order valence-corrected chi connectivity index (χ2v) is 18.5. The van der Waals surface area contributed by atoms with Crippen molar-refractivity contribution in [1.82, 2.24) is 0 Å². The molecule has 0 saturated heterocycles. The lowest BCUT2D eigenvalue weighted by atomic mass is 9.57. The fraction of sp³-hybridized carbons (Fsp3) is 0.846. The Hall–Kier alpha value is -0.393. The predicted molar refractivity (Wildman–Crippen MR) is 136 cm³/mol. The normalized spacial score (nSPS) is 31.3. The van der Waals surface area contributed by atoms with Crippen LogP contribution in [0.4, 0.5) is 0 Å². The van der Waals surface area contributed by atoms with Crippen molar-refractivity contribution in [1.29, 1.82) is 0 Å². The Bertz CT molecular complexity index is 675. The molecule has 0 aliphatic heterocycles. The Morgan fingerprint density at radius 2 is 1.61 bits per heavy atom. The van der Waals surface area contributed by atoms with Gasteiger partial charge in [0, 0.05) is 5.41 Å². The molecule has 178 valence electrons. The third kappa shape index (κ3) is 5.24. The summed E-state index contributed by atoms with van der Waals surface area (Å²) in [7, 11) is -2.07. The molecule has 2 saturated carbocycles. The van der Waals surface area contributed by atoms with Crippen LogP contribution in [-0.4, -0.2) is 31.1 Å². The van der Waals surface area contributed by atoms with Gasteiger partial charge in [0.25, 0.3) is 0 Å². The average molecular weight is 467 g/mol. The van der Waals surface area contributed by atoms with E-state index in [2.05, 4.69) is 68.4 Å². The summed E-state index contributed by atoms with van der Waals surface area (Å²) in [5.74, 6) is 1.68. The molecule has 0 radical (unpaired) electrons. The van der Waals surface area contributed by atoms with Crippen molar-refractivity contribution in [3.8, 4) is 0 Å². The van der Waals surface area contributed by atoms with E-state index in [1.165, 1.54) is 11.8 Å².